The van der Waals surface area contributed by atoms with Crippen LogP contribution in [0.5, 0.6) is 5.75 Å². The average Bonchev–Trinajstić information content (AvgIpc) is 2.70. The van der Waals surface area contributed by atoms with Gasteiger partial charge in [-0.15, -0.1) is 0 Å². The van der Waals surface area contributed by atoms with Gasteiger partial charge in [-0.2, -0.15) is 5.26 Å². The number of nitriles is 1. The van der Waals surface area contributed by atoms with E-state index in [1.165, 1.54) is 0 Å². The maximum atomic E-state index is 12.6. The first-order chi connectivity index (χ1) is 13.1. The smallest absolute Gasteiger partial charge is 0.227 e. The minimum Gasteiger partial charge on any atom is -0.496 e. The second kappa shape index (κ2) is 8.54. The highest BCUT2D eigenvalue weighted by atomic mass is 16.5. The summed E-state index contributed by atoms with van der Waals surface area (Å²) in [4.78, 5) is 18.9. The van der Waals surface area contributed by atoms with Crippen molar-refractivity contribution in [2.75, 3.05) is 25.5 Å². The van der Waals surface area contributed by atoms with E-state index in [0.717, 1.165) is 35.5 Å². The number of benzene rings is 1. The lowest BCUT2D eigenvalue weighted by Crippen LogP contribution is -2.43. The quantitative estimate of drug-likeness (QED) is 0.883. The summed E-state index contributed by atoms with van der Waals surface area (Å²) in [7, 11) is 1.62. The molecule has 140 valence electrons. The number of anilines is 1. The first-order valence-corrected chi connectivity index (χ1v) is 9.14. The Morgan fingerprint density at radius 3 is 2.74 bits per heavy atom. The average molecular weight is 364 g/mol. The number of ether oxygens (including phenoxy) is 1. The third-order valence-corrected chi connectivity index (χ3v) is 4.94. The third-order valence-electron chi connectivity index (χ3n) is 4.94. The zero-order valence-corrected chi connectivity index (χ0v) is 15.7. The van der Waals surface area contributed by atoms with Gasteiger partial charge < -0.3 is 15.0 Å². The molecule has 1 saturated heterocycles. The van der Waals surface area contributed by atoms with Crippen LogP contribution in [-0.2, 0) is 11.2 Å². The number of para-hydroxylation sites is 1. The summed E-state index contributed by atoms with van der Waals surface area (Å²) in [5.74, 6) is 1.59. The molecule has 1 amide bonds. The molecule has 0 spiro atoms. The highest BCUT2D eigenvalue weighted by Gasteiger charge is 2.23. The molecule has 2 aromatic rings. The van der Waals surface area contributed by atoms with Crippen LogP contribution in [-0.4, -0.2) is 42.0 Å². The number of likely N-dealkylation sites (tertiary alicyclic amines) is 1. The van der Waals surface area contributed by atoms with E-state index >= 15 is 0 Å². The van der Waals surface area contributed by atoms with Gasteiger partial charge in [0.2, 0.25) is 5.91 Å². The summed E-state index contributed by atoms with van der Waals surface area (Å²) in [5, 5.41) is 12.5. The Kier molecular flexibility index (Phi) is 5.92. The monoisotopic (exact) mass is 364 g/mol. The zero-order chi connectivity index (χ0) is 19.2. The van der Waals surface area contributed by atoms with E-state index in [0.29, 0.717) is 25.2 Å². The number of aryl methyl sites for hydroxylation is 1. The van der Waals surface area contributed by atoms with Gasteiger partial charge in [0.15, 0.2) is 0 Å². The Bertz CT molecular complexity index is 852. The van der Waals surface area contributed by atoms with E-state index < -0.39 is 0 Å². The molecule has 3 rings (SSSR count). The molecule has 1 N–H and O–H groups in total. The lowest BCUT2D eigenvalue weighted by molar-refractivity contribution is -0.131. The van der Waals surface area contributed by atoms with Crippen LogP contribution >= 0.6 is 0 Å². The number of nitrogens with zero attached hydrogens (tertiary/aromatic N) is 3. The molecule has 0 radical (unpaired) electrons. The molecule has 0 bridgehead atoms. The Hall–Kier alpha value is -3.07. The Morgan fingerprint density at radius 1 is 1.30 bits per heavy atom. The van der Waals surface area contributed by atoms with Gasteiger partial charge in [0, 0.05) is 24.7 Å². The number of methoxy groups -OCH3 is 1. The van der Waals surface area contributed by atoms with Crippen LogP contribution in [0.1, 0.15) is 29.7 Å². The van der Waals surface area contributed by atoms with Crippen molar-refractivity contribution in [3.05, 3.63) is 53.2 Å². The van der Waals surface area contributed by atoms with Crippen molar-refractivity contribution in [2.24, 2.45) is 0 Å². The normalized spacial score (nSPS) is 14.5. The van der Waals surface area contributed by atoms with Crippen LogP contribution in [0.15, 0.2) is 36.4 Å². The highest BCUT2D eigenvalue weighted by Crippen LogP contribution is 2.21. The predicted octanol–water partition coefficient (Wildman–Crippen LogP) is 2.92. The topological polar surface area (TPSA) is 78.2 Å². The van der Waals surface area contributed by atoms with Crippen molar-refractivity contribution in [1.29, 1.82) is 5.26 Å². The molecule has 0 unspecified atom stereocenters. The number of amides is 1. The summed E-state index contributed by atoms with van der Waals surface area (Å²) in [6.45, 7) is 3.30. The van der Waals surface area contributed by atoms with Gasteiger partial charge in [-0.3, -0.25) is 4.79 Å². The lowest BCUT2D eigenvalue weighted by atomic mass is 10.0. The van der Waals surface area contributed by atoms with E-state index in [-0.39, 0.29) is 11.9 Å². The largest absolute Gasteiger partial charge is 0.496 e. The van der Waals surface area contributed by atoms with Crippen LogP contribution < -0.4 is 10.1 Å². The molecule has 1 fully saturated rings. The Balaban J connectivity index is 1.54. The molecule has 1 aliphatic rings. The number of carbonyl (C=O) groups is 1. The van der Waals surface area contributed by atoms with Gasteiger partial charge in [0.1, 0.15) is 23.3 Å². The number of carbonyl (C=O) groups excluding carboxylic acids is 1. The summed E-state index contributed by atoms with van der Waals surface area (Å²) in [6, 6.07) is 13.8. The second-order valence-electron chi connectivity index (χ2n) is 6.76. The van der Waals surface area contributed by atoms with Crippen LogP contribution in [0.2, 0.25) is 0 Å². The van der Waals surface area contributed by atoms with Gasteiger partial charge in [0.05, 0.1) is 13.5 Å². The third kappa shape index (κ3) is 4.56. The molecule has 1 aromatic heterocycles. The Labute approximate surface area is 159 Å². The molecule has 2 heterocycles. The Morgan fingerprint density at radius 2 is 2.04 bits per heavy atom. The molecule has 6 nitrogen and oxygen atoms in total. The summed E-state index contributed by atoms with van der Waals surface area (Å²) >= 11 is 0. The fraction of sp³-hybridized carbons (Fsp3) is 0.381. The zero-order valence-electron chi connectivity index (χ0n) is 15.7. The van der Waals surface area contributed by atoms with Crippen molar-refractivity contribution >= 4 is 11.7 Å². The molecule has 1 aliphatic heterocycles. The van der Waals surface area contributed by atoms with Crippen molar-refractivity contribution in [2.45, 2.75) is 32.2 Å². The highest BCUT2D eigenvalue weighted by molar-refractivity contribution is 5.79. The second-order valence-corrected chi connectivity index (χ2v) is 6.76. The van der Waals surface area contributed by atoms with E-state index in [1.54, 1.807) is 7.11 Å². The standard InChI is InChI=1S/C21H24N4O2/c1-15-7-8-20(24-18(15)14-22)23-17-9-11-25(12-10-17)21(26)13-16-5-3-4-6-19(16)27-2/h3-8,17H,9-13H2,1-2H3,(H,23,24). The summed E-state index contributed by atoms with van der Waals surface area (Å²) in [6.07, 6.45) is 2.07. The molecular weight excluding hydrogens is 340 g/mol. The predicted molar refractivity (Wildman–Crippen MR) is 104 cm³/mol. The van der Waals surface area contributed by atoms with E-state index in [9.17, 15) is 4.79 Å². The minimum absolute atomic E-state index is 0.123. The van der Waals surface area contributed by atoms with Gasteiger partial charge in [-0.1, -0.05) is 24.3 Å². The minimum atomic E-state index is 0.123. The van der Waals surface area contributed by atoms with Crippen LogP contribution in [0.3, 0.4) is 0 Å². The van der Waals surface area contributed by atoms with Crippen LogP contribution in [0.25, 0.3) is 0 Å². The number of nitrogens with one attached hydrogen (secondary N) is 1. The van der Waals surface area contributed by atoms with Crippen molar-refractivity contribution in [3.63, 3.8) is 0 Å². The molecule has 6 heteroatoms. The first-order valence-electron chi connectivity index (χ1n) is 9.14. The first kappa shape index (κ1) is 18.7. The number of hydrogen-bond donors (Lipinski definition) is 1. The molecule has 27 heavy (non-hydrogen) atoms. The van der Waals surface area contributed by atoms with Crippen molar-refractivity contribution < 1.29 is 9.53 Å². The van der Waals surface area contributed by atoms with Crippen molar-refractivity contribution in [1.82, 2.24) is 9.88 Å². The number of hydrogen-bond acceptors (Lipinski definition) is 5. The number of pyridine rings is 1. The van der Waals surface area contributed by atoms with Gasteiger partial charge in [-0.05, 0) is 37.5 Å². The van der Waals surface area contributed by atoms with Gasteiger partial charge in [-0.25, -0.2) is 4.98 Å². The number of rotatable bonds is 5. The molecule has 0 atom stereocenters. The number of aromatic nitrogens is 1. The molecule has 0 saturated carbocycles. The molecule has 1 aromatic carbocycles. The molecular formula is C21H24N4O2. The summed E-state index contributed by atoms with van der Waals surface area (Å²) < 4.78 is 5.33. The summed E-state index contributed by atoms with van der Waals surface area (Å²) in [5.41, 5.74) is 2.24. The lowest BCUT2D eigenvalue weighted by Gasteiger charge is -2.33. The molecule has 0 aliphatic carbocycles. The van der Waals surface area contributed by atoms with E-state index in [1.807, 2.05) is 48.2 Å². The van der Waals surface area contributed by atoms with Crippen LogP contribution in [0.4, 0.5) is 5.82 Å². The van der Waals surface area contributed by atoms with Gasteiger partial charge >= 0.3 is 0 Å². The number of piperidine rings is 1. The van der Waals surface area contributed by atoms with E-state index in [2.05, 4.69) is 16.4 Å². The SMILES string of the molecule is COc1ccccc1CC(=O)N1CCC(Nc2ccc(C)c(C#N)n2)CC1. The van der Waals surface area contributed by atoms with Crippen molar-refractivity contribution in [3.8, 4) is 11.8 Å². The van der Waals surface area contributed by atoms with Crippen LogP contribution in [0, 0.1) is 18.3 Å². The maximum Gasteiger partial charge on any atom is 0.227 e. The maximum absolute atomic E-state index is 12.6. The van der Waals surface area contributed by atoms with E-state index in [4.69, 9.17) is 10.00 Å². The fourth-order valence-corrected chi connectivity index (χ4v) is 3.33. The fourth-order valence-electron chi connectivity index (χ4n) is 3.33. The van der Waals surface area contributed by atoms with Gasteiger partial charge in [0.25, 0.3) is 0 Å².